The van der Waals surface area contributed by atoms with Crippen molar-refractivity contribution >= 4 is 39.4 Å². The first-order chi connectivity index (χ1) is 24.2. The number of carbonyl (C=O) groups excluding carboxylic acids is 2. The van der Waals surface area contributed by atoms with E-state index in [1.54, 1.807) is 27.7 Å². The van der Waals surface area contributed by atoms with Gasteiger partial charge in [-0.3, -0.25) is 9.59 Å². The third-order valence-corrected chi connectivity index (χ3v) is 12.3. The number of aliphatic hydroxyl groups excluding tert-OH is 1. The maximum Gasteiger partial charge on any atom is 0.302 e. The number of nitrogens with two attached hydrogens (primary N) is 1. The molecule has 1 fully saturated rings. The van der Waals surface area contributed by atoms with E-state index < -0.39 is 17.6 Å². The Labute approximate surface area is 304 Å². The normalized spacial score (nSPS) is 27.5. The molecule has 50 heavy (non-hydrogen) atoms. The Kier molecular flexibility index (Phi) is 13.8. The number of hydrogen-bond acceptors (Lipinski definition) is 11. The van der Waals surface area contributed by atoms with E-state index >= 15 is 0 Å². The summed E-state index contributed by atoms with van der Waals surface area (Å²) in [6.07, 6.45) is 10.0. The number of phenolic OH excluding ortho intramolecular Hbond substituents is 1. The van der Waals surface area contributed by atoms with Crippen LogP contribution in [0, 0.1) is 11.3 Å². The number of aromatic hydroxyl groups is 1. The fourth-order valence-electron chi connectivity index (χ4n) is 7.65. The minimum Gasteiger partial charge on any atom is -0.504 e. The number of nitrogens with one attached hydrogen (secondary N) is 1. The van der Waals surface area contributed by atoms with Gasteiger partial charge in [0.05, 0.1) is 19.1 Å². The van der Waals surface area contributed by atoms with Gasteiger partial charge < -0.3 is 35.6 Å². The molecule has 0 aromatic heterocycles. The number of aliphatic hydroxyl groups is 1. The molecule has 2 aromatic carbocycles. The molecule has 5 rings (SSSR count). The second-order valence-corrected chi connectivity index (χ2v) is 16.3. The molecule has 12 heteroatoms. The molecule has 1 aliphatic carbocycles. The van der Waals surface area contributed by atoms with Crippen LogP contribution < -0.4 is 15.8 Å². The number of allylic oxidation sites excluding steroid dienone is 1. The van der Waals surface area contributed by atoms with E-state index in [1.807, 2.05) is 29.2 Å². The maximum absolute atomic E-state index is 13.9. The molecule has 1 saturated heterocycles. The number of aryl methyl sites for hydroxylation is 1. The van der Waals surface area contributed by atoms with Crippen LogP contribution in [-0.2, 0) is 27.3 Å². The lowest BCUT2D eigenvalue weighted by atomic mass is 9.68. The molecule has 5 N–H and O–H groups in total. The van der Waals surface area contributed by atoms with Gasteiger partial charge in [0.1, 0.15) is 6.10 Å². The monoisotopic (exact) mass is 724 g/mol. The van der Waals surface area contributed by atoms with Crippen LogP contribution in [0.3, 0.4) is 0 Å². The first-order valence-corrected chi connectivity index (χ1v) is 20.2. The Hall–Kier alpha value is -3.35. The average molecular weight is 725 g/mol. The SMILES string of the molecule is COc1cc2cc(c1O)CN1C[C@@]3(CC1=O)[C@@H](c1ccccc1)C=C[C@H]3CNC(N)=NCSSCCCCCC[C@H](O)C[C@H](OC(C)=O)CC2. The second-order valence-electron chi connectivity index (χ2n) is 13.7. The number of hydrogen-bond donors (Lipinski definition) is 4. The second kappa shape index (κ2) is 18.2. The maximum atomic E-state index is 13.9. The smallest absolute Gasteiger partial charge is 0.302 e. The van der Waals surface area contributed by atoms with Gasteiger partial charge in [0.15, 0.2) is 17.5 Å². The van der Waals surface area contributed by atoms with Gasteiger partial charge in [0.25, 0.3) is 0 Å². The average Bonchev–Trinajstić information content (AvgIpc) is 3.61. The zero-order valence-electron chi connectivity index (χ0n) is 29.2. The van der Waals surface area contributed by atoms with Crippen LogP contribution >= 0.6 is 21.6 Å². The zero-order chi connectivity index (χ0) is 35.5. The van der Waals surface area contributed by atoms with Gasteiger partial charge in [-0.25, -0.2) is 4.99 Å². The van der Waals surface area contributed by atoms with E-state index in [1.165, 1.54) is 14.0 Å². The van der Waals surface area contributed by atoms with Gasteiger partial charge in [0.2, 0.25) is 5.91 Å². The number of guanidine groups is 1. The topological polar surface area (TPSA) is 147 Å². The first-order valence-electron chi connectivity index (χ1n) is 17.7. The summed E-state index contributed by atoms with van der Waals surface area (Å²) in [7, 11) is 4.99. The van der Waals surface area contributed by atoms with Crippen molar-refractivity contribution in [1.29, 1.82) is 0 Å². The van der Waals surface area contributed by atoms with Crippen LogP contribution in [-0.4, -0.2) is 77.0 Å². The predicted octanol–water partition coefficient (Wildman–Crippen LogP) is 5.91. The van der Waals surface area contributed by atoms with Crippen LogP contribution in [0.25, 0.3) is 0 Å². The number of methoxy groups -OCH3 is 1. The summed E-state index contributed by atoms with van der Waals surface area (Å²) in [6.45, 7) is 2.68. The van der Waals surface area contributed by atoms with Crippen molar-refractivity contribution in [2.45, 2.75) is 89.4 Å². The molecule has 1 spiro atoms. The summed E-state index contributed by atoms with van der Waals surface area (Å²) >= 11 is 0. The van der Waals surface area contributed by atoms with Crippen molar-refractivity contribution in [2.24, 2.45) is 22.1 Å². The number of ether oxygens (including phenoxy) is 2. The van der Waals surface area contributed by atoms with Gasteiger partial charge in [-0.1, -0.05) is 89.4 Å². The minimum absolute atomic E-state index is 0.00695. The van der Waals surface area contributed by atoms with Gasteiger partial charge >= 0.3 is 5.97 Å². The number of rotatable bonds is 3. The molecule has 0 unspecified atom stereocenters. The molecule has 10 nitrogen and oxygen atoms in total. The van der Waals surface area contributed by atoms with E-state index in [9.17, 15) is 19.8 Å². The molecule has 3 aliphatic rings. The fraction of sp³-hybridized carbons (Fsp3) is 0.553. The summed E-state index contributed by atoms with van der Waals surface area (Å²) in [5.41, 5.74) is 8.55. The highest BCUT2D eigenvalue weighted by atomic mass is 33.1. The number of benzene rings is 2. The van der Waals surface area contributed by atoms with Crippen LogP contribution in [0.4, 0.5) is 0 Å². The van der Waals surface area contributed by atoms with Crippen molar-refractivity contribution in [3.63, 3.8) is 0 Å². The summed E-state index contributed by atoms with van der Waals surface area (Å²) in [5, 5.41) is 25.4. The molecular weight excluding hydrogens is 673 g/mol. The lowest BCUT2D eigenvalue weighted by Gasteiger charge is -2.37. The third kappa shape index (κ3) is 9.91. The molecule has 1 amide bonds. The summed E-state index contributed by atoms with van der Waals surface area (Å²) in [6, 6.07) is 14.0. The number of fused-ring (bicyclic) bond motifs is 3. The number of phenols is 1. The van der Waals surface area contributed by atoms with E-state index in [2.05, 4.69) is 34.6 Å². The van der Waals surface area contributed by atoms with Crippen LogP contribution in [0.15, 0.2) is 59.6 Å². The number of nitrogens with zero attached hydrogens (tertiary/aromatic N) is 2. The standard InChI is InChI=1S/C38H52N4O6S2/c1-26(43)48-32-15-13-27-18-29(36(46)34(19-27)47-2)23-42-24-38(21-35(42)45)30(14-16-33(38)28-10-6-5-7-11-28)22-40-37(39)41-25-50-49-17-9-4-3-8-12-31(44)20-32/h5-7,10-11,14,16,18-19,30-33,44,46H,3-4,8-9,12-13,15,17,20-25H2,1-2H3,(H3,39,40,41)/t30-,31-,32+,33+,38+/m0/s1. The van der Waals surface area contributed by atoms with Gasteiger partial charge in [-0.2, -0.15) is 0 Å². The number of carbonyl (C=O) groups is 2. The van der Waals surface area contributed by atoms with Gasteiger partial charge in [0, 0.05) is 68.0 Å². The molecule has 2 aliphatic heterocycles. The molecule has 2 aromatic rings. The van der Waals surface area contributed by atoms with E-state index in [-0.39, 0.29) is 36.0 Å². The molecular formula is C38H52N4O6S2. The summed E-state index contributed by atoms with van der Waals surface area (Å²) in [5.74, 6) is 2.02. The van der Waals surface area contributed by atoms with Crippen molar-refractivity contribution in [1.82, 2.24) is 10.2 Å². The van der Waals surface area contributed by atoms with E-state index in [4.69, 9.17) is 15.2 Å². The largest absolute Gasteiger partial charge is 0.504 e. The summed E-state index contributed by atoms with van der Waals surface area (Å²) < 4.78 is 11.2. The van der Waals surface area contributed by atoms with E-state index in [0.717, 1.165) is 42.6 Å². The highest BCUT2D eigenvalue weighted by Gasteiger charge is 2.54. The predicted molar refractivity (Wildman–Crippen MR) is 201 cm³/mol. The Morgan fingerprint density at radius 3 is 2.68 bits per heavy atom. The number of aliphatic imine (C=N–C) groups is 1. The van der Waals surface area contributed by atoms with Crippen molar-refractivity contribution in [3.05, 3.63) is 71.3 Å². The zero-order valence-corrected chi connectivity index (χ0v) is 30.9. The molecule has 272 valence electrons. The molecule has 0 radical (unpaired) electrons. The minimum atomic E-state index is -0.563. The summed E-state index contributed by atoms with van der Waals surface area (Å²) in [4.78, 5) is 32.2. The van der Waals surface area contributed by atoms with Crippen LogP contribution in [0.1, 0.15) is 80.9 Å². The number of esters is 1. The van der Waals surface area contributed by atoms with Gasteiger partial charge in [-0.05, 0) is 42.9 Å². The Balaban J connectivity index is 1.41. The van der Waals surface area contributed by atoms with E-state index in [0.29, 0.717) is 68.3 Å². The molecule has 5 atom stereocenters. The fourth-order valence-corrected chi connectivity index (χ4v) is 9.44. The first kappa shape index (κ1) is 37.9. The number of amides is 1. The lowest BCUT2D eigenvalue weighted by Crippen LogP contribution is -2.43. The molecule has 0 saturated carbocycles. The van der Waals surface area contributed by atoms with Crippen LogP contribution in [0.2, 0.25) is 0 Å². The highest BCUT2D eigenvalue weighted by Crippen LogP contribution is 2.55. The Morgan fingerprint density at radius 2 is 1.90 bits per heavy atom. The van der Waals surface area contributed by atoms with Gasteiger partial charge in [-0.15, -0.1) is 0 Å². The quantitative estimate of drug-likeness (QED) is 0.171. The lowest BCUT2D eigenvalue weighted by molar-refractivity contribution is -0.148. The van der Waals surface area contributed by atoms with Crippen LogP contribution in [0.5, 0.6) is 11.5 Å². The molecule has 2 heterocycles. The molecule has 4 bridgehead atoms. The third-order valence-electron chi connectivity index (χ3n) is 10.2. The van der Waals surface area contributed by atoms with Crippen molar-refractivity contribution < 1.29 is 29.3 Å². The van der Waals surface area contributed by atoms with Crippen molar-refractivity contribution in [2.75, 3.05) is 31.8 Å². The Bertz CT molecular complexity index is 1510. The van der Waals surface area contributed by atoms with Crippen molar-refractivity contribution in [3.8, 4) is 11.5 Å². The Morgan fingerprint density at radius 1 is 1.10 bits per heavy atom. The highest BCUT2D eigenvalue weighted by molar-refractivity contribution is 8.76.